The Balaban J connectivity index is 1.72. The number of rotatable bonds is 6. The third-order valence-corrected chi connectivity index (χ3v) is 5.30. The van der Waals surface area contributed by atoms with Gasteiger partial charge in [-0.25, -0.2) is 0 Å². The van der Waals surface area contributed by atoms with Gasteiger partial charge < -0.3 is 21.2 Å². The Kier molecular flexibility index (Phi) is 4.95. The first-order valence-electron chi connectivity index (χ1n) is 8.26. The minimum absolute atomic E-state index is 0.371. The lowest BCUT2D eigenvalue weighted by Crippen LogP contribution is -2.28. The van der Waals surface area contributed by atoms with E-state index in [-0.39, 0.29) is 5.60 Å². The Labute approximate surface area is 152 Å². The molecule has 1 aromatic heterocycles. The predicted molar refractivity (Wildman–Crippen MR) is 105 cm³/mol. The van der Waals surface area contributed by atoms with Gasteiger partial charge in [0.25, 0.3) is 0 Å². The molecule has 1 atom stereocenters. The number of hydrogen-bond donors (Lipinski definition) is 3. The molecule has 5 N–H and O–H groups in total. The van der Waals surface area contributed by atoms with Crippen molar-refractivity contribution in [3.63, 3.8) is 0 Å². The van der Waals surface area contributed by atoms with Crippen LogP contribution in [0.15, 0.2) is 70.6 Å². The van der Waals surface area contributed by atoms with Crippen molar-refractivity contribution in [2.45, 2.75) is 35.7 Å². The van der Waals surface area contributed by atoms with Crippen LogP contribution in [0.4, 0.5) is 11.4 Å². The molecule has 0 fully saturated rings. The molecule has 4 nitrogen and oxygen atoms in total. The number of aromatic amines is 1. The summed E-state index contributed by atoms with van der Waals surface area (Å²) in [5.41, 5.74) is 13.5. The first kappa shape index (κ1) is 17.3. The maximum atomic E-state index is 6.26. The molecule has 0 aliphatic heterocycles. The number of benzene rings is 2. The molecule has 3 rings (SSSR count). The van der Waals surface area contributed by atoms with Crippen molar-refractivity contribution in [1.29, 1.82) is 0 Å². The van der Waals surface area contributed by atoms with E-state index in [1.165, 1.54) is 0 Å². The standard InChI is InChI=1S/C20H23N3OS/c1-3-20(2,19-5-4-12-23-19)24-14-6-8-15(9-7-14)25-16-10-11-17(21)18(22)13-16/h4-13,23H,3,21-22H2,1-2H3. The maximum absolute atomic E-state index is 6.26. The zero-order chi connectivity index (χ0) is 17.9. The van der Waals surface area contributed by atoms with Crippen LogP contribution in [0.25, 0.3) is 0 Å². The SMILES string of the molecule is CCC(C)(Oc1ccc(Sc2ccc(N)c(N)c2)cc1)c1ccc[nH]1. The van der Waals surface area contributed by atoms with E-state index in [1.54, 1.807) is 11.8 Å². The average molecular weight is 353 g/mol. The molecular weight excluding hydrogens is 330 g/mol. The fourth-order valence-electron chi connectivity index (χ4n) is 2.57. The lowest BCUT2D eigenvalue weighted by molar-refractivity contribution is 0.0784. The Bertz CT molecular complexity index is 831. The summed E-state index contributed by atoms with van der Waals surface area (Å²) < 4.78 is 6.26. The van der Waals surface area contributed by atoms with Crippen LogP contribution < -0.4 is 16.2 Å². The lowest BCUT2D eigenvalue weighted by atomic mass is 9.99. The van der Waals surface area contributed by atoms with Crippen LogP contribution >= 0.6 is 11.8 Å². The summed E-state index contributed by atoms with van der Waals surface area (Å²) >= 11 is 1.64. The highest BCUT2D eigenvalue weighted by atomic mass is 32.2. The minimum atomic E-state index is -0.371. The number of anilines is 2. The van der Waals surface area contributed by atoms with E-state index < -0.39 is 0 Å². The number of aromatic nitrogens is 1. The zero-order valence-corrected chi connectivity index (χ0v) is 15.3. The van der Waals surface area contributed by atoms with Crippen molar-refractivity contribution in [2.75, 3.05) is 11.5 Å². The lowest BCUT2D eigenvalue weighted by Gasteiger charge is -2.29. The summed E-state index contributed by atoms with van der Waals surface area (Å²) in [5.74, 6) is 0.847. The molecule has 0 bridgehead atoms. The summed E-state index contributed by atoms with van der Waals surface area (Å²) in [7, 11) is 0. The molecule has 0 amide bonds. The summed E-state index contributed by atoms with van der Waals surface area (Å²) in [6.45, 7) is 4.22. The molecule has 0 saturated heterocycles. The van der Waals surface area contributed by atoms with Crippen molar-refractivity contribution in [3.05, 3.63) is 66.5 Å². The first-order chi connectivity index (χ1) is 12.0. The highest BCUT2D eigenvalue weighted by Crippen LogP contribution is 2.34. The molecule has 5 heteroatoms. The van der Waals surface area contributed by atoms with Crippen molar-refractivity contribution in [1.82, 2.24) is 4.98 Å². The first-order valence-corrected chi connectivity index (χ1v) is 9.07. The third-order valence-electron chi connectivity index (χ3n) is 4.30. The number of ether oxygens (including phenoxy) is 1. The van der Waals surface area contributed by atoms with Gasteiger partial charge in [-0.2, -0.15) is 0 Å². The van der Waals surface area contributed by atoms with E-state index in [2.05, 4.69) is 37.0 Å². The second kappa shape index (κ2) is 7.15. The van der Waals surface area contributed by atoms with E-state index in [1.807, 2.05) is 42.6 Å². The third kappa shape index (κ3) is 3.94. The van der Waals surface area contributed by atoms with Crippen LogP contribution in [-0.4, -0.2) is 4.98 Å². The minimum Gasteiger partial charge on any atom is -0.481 e. The van der Waals surface area contributed by atoms with Gasteiger partial charge in [-0.15, -0.1) is 0 Å². The Hall–Kier alpha value is -2.53. The summed E-state index contributed by atoms with van der Waals surface area (Å²) in [6, 6.07) is 17.8. The number of nitrogens with one attached hydrogen (secondary N) is 1. The van der Waals surface area contributed by atoms with Crippen molar-refractivity contribution in [3.8, 4) is 5.75 Å². The fourth-order valence-corrected chi connectivity index (χ4v) is 3.43. The molecule has 2 aromatic carbocycles. The van der Waals surface area contributed by atoms with Gasteiger partial charge in [0.2, 0.25) is 0 Å². The number of hydrogen-bond acceptors (Lipinski definition) is 4. The molecule has 0 aliphatic carbocycles. The quantitative estimate of drug-likeness (QED) is 0.543. The summed E-state index contributed by atoms with van der Waals surface area (Å²) in [6.07, 6.45) is 2.79. The maximum Gasteiger partial charge on any atom is 0.145 e. The van der Waals surface area contributed by atoms with Gasteiger partial charge in [0.05, 0.1) is 17.1 Å². The topological polar surface area (TPSA) is 77.1 Å². The monoisotopic (exact) mass is 353 g/mol. The van der Waals surface area contributed by atoms with Gasteiger partial charge in [0.1, 0.15) is 11.4 Å². The van der Waals surface area contributed by atoms with E-state index in [0.29, 0.717) is 11.4 Å². The molecule has 0 radical (unpaired) electrons. The summed E-state index contributed by atoms with van der Waals surface area (Å²) in [5, 5.41) is 0. The molecule has 0 saturated carbocycles. The molecule has 25 heavy (non-hydrogen) atoms. The summed E-state index contributed by atoms with van der Waals surface area (Å²) in [4.78, 5) is 5.43. The second-order valence-corrected chi connectivity index (χ2v) is 7.28. The highest BCUT2D eigenvalue weighted by Gasteiger charge is 2.27. The van der Waals surface area contributed by atoms with Crippen molar-refractivity contribution in [2.24, 2.45) is 0 Å². The molecule has 0 spiro atoms. The Morgan fingerprint density at radius 3 is 2.32 bits per heavy atom. The van der Waals surface area contributed by atoms with E-state index in [9.17, 15) is 0 Å². The fraction of sp³-hybridized carbons (Fsp3) is 0.200. The Morgan fingerprint density at radius 1 is 1.00 bits per heavy atom. The molecule has 3 aromatic rings. The van der Waals surface area contributed by atoms with Gasteiger partial charge in [-0.3, -0.25) is 0 Å². The second-order valence-electron chi connectivity index (χ2n) is 6.13. The number of nitrogens with two attached hydrogens (primary N) is 2. The van der Waals surface area contributed by atoms with Crippen LogP contribution in [0.3, 0.4) is 0 Å². The molecular formula is C20H23N3OS. The zero-order valence-electron chi connectivity index (χ0n) is 14.5. The van der Waals surface area contributed by atoms with E-state index in [0.717, 1.165) is 27.7 Å². The van der Waals surface area contributed by atoms with Crippen LogP contribution in [0.1, 0.15) is 26.0 Å². The van der Waals surface area contributed by atoms with Crippen LogP contribution in [-0.2, 0) is 5.60 Å². The molecule has 130 valence electrons. The normalized spacial score (nSPS) is 13.4. The van der Waals surface area contributed by atoms with E-state index >= 15 is 0 Å². The molecule has 1 unspecified atom stereocenters. The van der Waals surface area contributed by atoms with Crippen molar-refractivity contribution < 1.29 is 4.74 Å². The Morgan fingerprint density at radius 2 is 1.72 bits per heavy atom. The molecule has 1 heterocycles. The van der Waals surface area contributed by atoms with Crippen molar-refractivity contribution >= 4 is 23.1 Å². The van der Waals surface area contributed by atoms with Gasteiger partial charge in [-0.1, -0.05) is 18.7 Å². The van der Waals surface area contributed by atoms with Crippen LogP contribution in [0.5, 0.6) is 5.75 Å². The van der Waals surface area contributed by atoms with Gasteiger partial charge in [0, 0.05) is 16.0 Å². The highest BCUT2D eigenvalue weighted by molar-refractivity contribution is 7.99. The van der Waals surface area contributed by atoms with Gasteiger partial charge >= 0.3 is 0 Å². The number of nitrogen functional groups attached to an aromatic ring is 2. The largest absolute Gasteiger partial charge is 0.481 e. The average Bonchev–Trinajstić information content (AvgIpc) is 3.15. The molecule has 0 aliphatic rings. The van der Waals surface area contributed by atoms with E-state index in [4.69, 9.17) is 16.2 Å². The van der Waals surface area contributed by atoms with Crippen LogP contribution in [0.2, 0.25) is 0 Å². The predicted octanol–water partition coefficient (Wildman–Crippen LogP) is 5.03. The number of H-pyrrole nitrogens is 1. The van der Waals surface area contributed by atoms with Gasteiger partial charge in [-0.05, 0) is 67.9 Å². The smallest absolute Gasteiger partial charge is 0.145 e. The van der Waals surface area contributed by atoms with Gasteiger partial charge in [0.15, 0.2) is 0 Å². The van der Waals surface area contributed by atoms with Crippen LogP contribution in [0, 0.1) is 0 Å².